The van der Waals surface area contributed by atoms with Crippen LogP contribution >= 0.6 is 0 Å². The molecule has 9 nitrogen and oxygen atoms in total. The number of para-hydroxylation sites is 2. The summed E-state index contributed by atoms with van der Waals surface area (Å²) >= 11 is 0. The number of fused-ring (bicyclic) bond motifs is 1. The van der Waals surface area contributed by atoms with E-state index in [1.54, 1.807) is 42.5 Å². The molecule has 0 spiro atoms. The molecule has 2 heterocycles. The number of imidazole rings is 1. The minimum Gasteiger partial charge on any atom is -0.493 e. The maximum absolute atomic E-state index is 12.8. The van der Waals surface area contributed by atoms with E-state index in [-0.39, 0.29) is 25.7 Å². The smallest absolute Gasteiger partial charge is 0.255 e. The molecule has 0 bridgehead atoms. The number of rotatable bonds is 11. The molecule has 1 unspecified atom stereocenters. The van der Waals surface area contributed by atoms with Gasteiger partial charge in [0, 0.05) is 18.9 Å². The van der Waals surface area contributed by atoms with Crippen LogP contribution in [0.1, 0.15) is 21.6 Å². The number of pyridine rings is 1. The molecule has 0 aliphatic heterocycles. The predicted octanol–water partition coefficient (Wildman–Crippen LogP) is 3.41. The third-order valence-electron chi connectivity index (χ3n) is 5.54. The summed E-state index contributed by atoms with van der Waals surface area (Å²) in [5.74, 6) is 1.40. The fourth-order valence-electron chi connectivity index (χ4n) is 3.71. The van der Waals surface area contributed by atoms with Crippen LogP contribution in [-0.4, -0.2) is 53.9 Å². The molecule has 0 aliphatic rings. The number of aromatic nitrogens is 2. The third-order valence-corrected chi connectivity index (χ3v) is 5.54. The molecule has 1 atom stereocenters. The molecular formula is C27H29N3O6. The molecule has 9 heteroatoms. The van der Waals surface area contributed by atoms with Crippen LogP contribution in [0.3, 0.4) is 0 Å². The number of carbonyl (C=O) groups excluding carboxylic acids is 1. The Kier molecular flexibility index (Phi) is 7.92. The second kappa shape index (κ2) is 11.5. The lowest BCUT2D eigenvalue weighted by molar-refractivity contribution is 0.0830. The average Bonchev–Trinajstić information content (AvgIpc) is 3.33. The molecule has 0 fully saturated rings. The van der Waals surface area contributed by atoms with Gasteiger partial charge in [0.05, 0.1) is 25.5 Å². The summed E-state index contributed by atoms with van der Waals surface area (Å²) in [4.78, 5) is 17.4. The van der Waals surface area contributed by atoms with Crippen LogP contribution in [-0.2, 0) is 6.61 Å². The van der Waals surface area contributed by atoms with Crippen LogP contribution in [0.15, 0.2) is 67.0 Å². The average molecular weight is 492 g/mol. The van der Waals surface area contributed by atoms with Crippen molar-refractivity contribution in [2.45, 2.75) is 19.6 Å². The summed E-state index contributed by atoms with van der Waals surface area (Å²) in [7, 11) is 3.04. The van der Waals surface area contributed by atoms with Crippen molar-refractivity contribution < 1.29 is 28.8 Å². The highest BCUT2D eigenvalue weighted by molar-refractivity contribution is 5.96. The predicted molar refractivity (Wildman–Crippen MR) is 134 cm³/mol. The lowest BCUT2D eigenvalue weighted by Gasteiger charge is -2.17. The van der Waals surface area contributed by atoms with Gasteiger partial charge in [-0.05, 0) is 42.8 Å². The second-order valence-electron chi connectivity index (χ2n) is 8.11. The van der Waals surface area contributed by atoms with E-state index in [9.17, 15) is 9.90 Å². The molecule has 188 valence electrons. The first kappa shape index (κ1) is 24.9. The van der Waals surface area contributed by atoms with Gasteiger partial charge in [0.2, 0.25) is 5.75 Å². The number of nitrogens with one attached hydrogen (secondary N) is 1. The zero-order valence-electron chi connectivity index (χ0n) is 20.4. The molecule has 0 saturated heterocycles. The first-order valence-electron chi connectivity index (χ1n) is 11.4. The van der Waals surface area contributed by atoms with Gasteiger partial charge >= 0.3 is 0 Å². The number of hydrogen-bond acceptors (Lipinski definition) is 7. The number of amides is 1. The van der Waals surface area contributed by atoms with Crippen molar-refractivity contribution in [3.63, 3.8) is 0 Å². The number of aliphatic hydroxyl groups is 1. The summed E-state index contributed by atoms with van der Waals surface area (Å²) < 4.78 is 24.2. The molecule has 1 amide bonds. The number of benzene rings is 2. The third kappa shape index (κ3) is 5.69. The lowest BCUT2D eigenvalue weighted by Crippen LogP contribution is -2.35. The van der Waals surface area contributed by atoms with Gasteiger partial charge in [-0.3, -0.25) is 4.79 Å². The Hall–Kier alpha value is -4.24. The maximum atomic E-state index is 12.8. The number of methoxy groups -OCH3 is 2. The zero-order chi connectivity index (χ0) is 25.5. The normalized spacial score (nSPS) is 11.7. The number of aryl methyl sites for hydroxylation is 1. The Labute approximate surface area is 209 Å². The minimum atomic E-state index is -0.960. The highest BCUT2D eigenvalue weighted by atomic mass is 16.5. The van der Waals surface area contributed by atoms with Gasteiger partial charge in [0.1, 0.15) is 30.7 Å². The van der Waals surface area contributed by atoms with Crippen molar-refractivity contribution in [3.05, 3.63) is 83.8 Å². The summed E-state index contributed by atoms with van der Waals surface area (Å²) in [5.41, 5.74) is 3.04. The molecule has 2 N–H and O–H groups in total. The summed E-state index contributed by atoms with van der Waals surface area (Å²) in [6, 6.07) is 16.1. The minimum absolute atomic E-state index is 0.0175. The Bertz CT molecular complexity index is 1310. The van der Waals surface area contributed by atoms with E-state index in [2.05, 4.69) is 10.3 Å². The fourth-order valence-corrected chi connectivity index (χ4v) is 3.71. The Balaban J connectivity index is 1.34. The van der Waals surface area contributed by atoms with Crippen LogP contribution in [0, 0.1) is 6.92 Å². The molecule has 0 aliphatic carbocycles. The van der Waals surface area contributed by atoms with Gasteiger partial charge in [-0.25, -0.2) is 4.98 Å². The quantitative estimate of drug-likeness (QED) is 0.331. The van der Waals surface area contributed by atoms with Crippen molar-refractivity contribution in [1.29, 1.82) is 0 Å². The van der Waals surface area contributed by atoms with Crippen molar-refractivity contribution in [2.75, 3.05) is 27.4 Å². The van der Waals surface area contributed by atoms with Crippen LogP contribution in [0.2, 0.25) is 0 Å². The molecule has 36 heavy (non-hydrogen) atoms. The number of hydrogen-bond donors (Lipinski definition) is 2. The first-order valence-corrected chi connectivity index (χ1v) is 11.4. The molecule has 0 saturated carbocycles. The van der Waals surface area contributed by atoms with Crippen molar-refractivity contribution in [2.24, 2.45) is 0 Å². The van der Waals surface area contributed by atoms with Gasteiger partial charge in [0.25, 0.3) is 5.91 Å². The molecule has 0 radical (unpaired) electrons. The zero-order valence-corrected chi connectivity index (χ0v) is 20.4. The molecule has 2 aromatic carbocycles. The summed E-state index contributed by atoms with van der Waals surface area (Å²) in [6.07, 6.45) is 2.87. The molecule has 4 rings (SSSR count). The monoisotopic (exact) mass is 491 g/mol. The van der Waals surface area contributed by atoms with E-state index in [4.69, 9.17) is 18.9 Å². The largest absolute Gasteiger partial charge is 0.493 e. The SMILES string of the molecule is COc1cccc(OC)c1OCC(O)CNC(=O)c1ccccc1OCc1cn2cccc(C)c2n1. The number of carbonyl (C=O) groups is 1. The Morgan fingerprint density at radius 2 is 1.72 bits per heavy atom. The van der Waals surface area contributed by atoms with E-state index in [1.165, 1.54) is 14.2 Å². The summed E-state index contributed by atoms with van der Waals surface area (Å²) in [5, 5.41) is 13.1. The number of ether oxygens (including phenoxy) is 4. The lowest BCUT2D eigenvalue weighted by atomic mass is 10.2. The summed E-state index contributed by atoms with van der Waals surface area (Å²) in [6.45, 7) is 2.13. The Morgan fingerprint density at radius 3 is 2.44 bits per heavy atom. The van der Waals surface area contributed by atoms with E-state index in [0.717, 1.165) is 16.9 Å². The topological polar surface area (TPSA) is 104 Å². The standard InChI is InChI=1S/C27H29N3O6/c1-18-8-7-13-30-15-19(29-26(18)30)16-35-22-10-5-4-9-21(22)27(32)28-14-20(31)17-36-25-23(33-2)11-6-12-24(25)34-3/h4-13,15,20,31H,14,16-17H2,1-3H3,(H,28,32). The van der Waals surface area contributed by atoms with Gasteiger partial charge in [0.15, 0.2) is 11.5 Å². The van der Waals surface area contributed by atoms with Crippen molar-refractivity contribution in [1.82, 2.24) is 14.7 Å². The van der Waals surface area contributed by atoms with Gasteiger partial charge in [-0.2, -0.15) is 0 Å². The van der Waals surface area contributed by atoms with Crippen LogP contribution in [0.5, 0.6) is 23.0 Å². The number of aliphatic hydroxyl groups excluding tert-OH is 1. The number of nitrogens with zero attached hydrogens (tertiary/aromatic N) is 2. The van der Waals surface area contributed by atoms with Crippen LogP contribution in [0.4, 0.5) is 0 Å². The molecular weight excluding hydrogens is 462 g/mol. The first-order chi connectivity index (χ1) is 17.5. The van der Waals surface area contributed by atoms with E-state index >= 15 is 0 Å². The van der Waals surface area contributed by atoms with Crippen molar-refractivity contribution >= 4 is 11.6 Å². The highest BCUT2D eigenvalue weighted by Gasteiger charge is 2.17. The van der Waals surface area contributed by atoms with E-state index in [0.29, 0.717) is 28.6 Å². The van der Waals surface area contributed by atoms with Crippen LogP contribution < -0.4 is 24.3 Å². The highest BCUT2D eigenvalue weighted by Crippen LogP contribution is 2.36. The fraction of sp³-hybridized carbons (Fsp3) is 0.259. The van der Waals surface area contributed by atoms with Gasteiger partial charge < -0.3 is 33.8 Å². The maximum Gasteiger partial charge on any atom is 0.255 e. The van der Waals surface area contributed by atoms with E-state index < -0.39 is 6.10 Å². The van der Waals surface area contributed by atoms with Crippen LogP contribution in [0.25, 0.3) is 5.65 Å². The molecule has 2 aromatic heterocycles. The van der Waals surface area contributed by atoms with Crippen molar-refractivity contribution in [3.8, 4) is 23.0 Å². The Morgan fingerprint density at radius 1 is 1.00 bits per heavy atom. The van der Waals surface area contributed by atoms with Gasteiger partial charge in [-0.15, -0.1) is 0 Å². The molecule has 4 aromatic rings. The van der Waals surface area contributed by atoms with Gasteiger partial charge in [-0.1, -0.05) is 24.3 Å². The second-order valence-corrected chi connectivity index (χ2v) is 8.11. The van der Waals surface area contributed by atoms with E-state index in [1.807, 2.05) is 35.9 Å².